The normalized spacial score (nSPS) is 17.5. The lowest BCUT2D eigenvalue weighted by molar-refractivity contribution is 0.0725. The lowest BCUT2D eigenvalue weighted by Gasteiger charge is -2.31. The Hall–Kier alpha value is -0.880. The van der Waals surface area contributed by atoms with Gasteiger partial charge in [-0.1, -0.05) is 15.9 Å². The monoisotopic (exact) mass is 345 g/mol. The standard InChI is InChI=1S/C13H16BrNO3S/c1-19(17,18)12-6-8-15(9-7-12)13(16)10-2-4-11(14)5-3-10/h2-5,12H,6-9H2,1H3. The maximum Gasteiger partial charge on any atom is 0.253 e. The Morgan fingerprint density at radius 3 is 2.21 bits per heavy atom. The van der Waals surface area contributed by atoms with Crippen molar-refractivity contribution in [2.24, 2.45) is 0 Å². The Morgan fingerprint density at radius 1 is 1.21 bits per heavy atom. The maximum atomic E-state index is 12.2. The zero-order valence-electron chi connectivity index (χ0n) is 10.7. The first-order valence-electron chi connectivity index (χ1n) is 6.11. The minimum absolute atomic E-state index is 0.0283. The van der Waals surface area contributed by atoms with Crippen LogP contribution in [0, 0.1) is 0 Å². The number of benzene rings is 1. The molecule has 1 aromatic carbocycles. The van der Waals surface area contributed by atoms with Gasteiger partial charge < -0.3 is 4.90 Å². The molecule has 0 unspecified atom stereocenters. The highest BCUT2D eigenvalue weighted by atomic mass is 79.9. The van der Waals surface area contributed by atoms with Gasteiger partial charge in [-0.05, 0) is 37.1 Å². The summed E-state index contributed by atoms with van der Waals surface area (Å²) in [6.45, 7) is 1.01. The molecule has 1 heterocycles. The van der Waals surface area contributed by atoms with Gasteiger partial charge in [0.05, 0.1) is 5.25 Å². The summed E-state index contributed by atoms with van der Waals surface area (Å²) in [7, 11) is -2.99. The summed E-state index contributed by atoms with van der Waals surface area (Å²) in [5.74, 6) is -0.0283. The first-order valence-corrected chi connectivity index (χ1v) is 8.86. The third-order valence-electron chi connectivity index (χ3n) is 3.43. The fourth-order valence-electron chi connectivity index (χ4n) is 2.26. The number of carbonyl (C=O) groups excluding carboxylic acids is 1. The molecule has 1 saturated heterocycles. The molecule has 0 aliphatic carbocycles. The van der Waals surface area contributed by atoms with Crippen LogP contribution < -0.4 is 0 Å². The molecule has 19 heavy (non-hydrogen) atoms. The third-order valence-corrected chi connectivity index (χ3v) is 5.64. The van der Waals surface area contributed by atoms with E-state index in [1.54, 1.807) is 17.0 Å². The highest BCUT2D eigenvalue weighted by Crippen LogP contribution is 2.19. The molecular formula is C13H16BrNO3S. The van der Waals surface area contributed by atoms with Crippen molar-refractivity contribution in [2.75, 3.05) is 19.3 Å². The summed E-state index contributed by atoms with van der Waals surface area (Å²) < 4.78 is 23.9. The molecule has 6 heteroatoms. The topological polar surface area (TPSA) is 54.5 Å². The average Bonchev–Trinajstić information content (AvgIpc) is 2.38. The second-order valence-electron chi connectivity index (χ2n) is 4.83. The SMILES string of the molecule is CS(=O)(=O)C1CCN(C(=O)c2ccc(Br)cc2)CC1. The average molecular weight is 346 g/mol. The summed E-state index contributed by atoms with van der Waals surface area (Å²) >= 11 is 3.33. The first kappa shape index (κ1) is 14.5. The van der Waals surface area contributed by atoms with Crippen LogP contribution in [0.2, 0.25) is 0 Å². The fourth-order valence-corrected chi connectivity index (χ4v) is 3.59. The number of amides is 1. The number of hydrogen-bond donors (Lipinski definition) is 0. The molecule has 1 aliphatic heterocycles. The van der Waals surface area contributed by atoms with Crippen LogP contribution in [0.4, 0.5) is 0 Å². The number of piperidine rings is 1. The van der Waals surface area contributed by atoms with Crippen molar-refractivity contribution >= 4 is 31.7 Å². The zero-order chi connectivity index (χ0) is 14.0. The molecule has 0 bridgehead atoms. The number of nitrogens with zero attached hydrogens (tertiary/aromatic N) is 1. The molecule has 0 radical (unpaired) electrons. The molecule has 1 amide bonds. The Balaban J connectivity index is 2.02. The number of sulfone groups is 1. The summed E-state index contributed by atoms with van der Waals surface area (Å²) in [5.41, 5.74) is 0.640. The van der Waals surface area contributed by atoms with Crippen molar-refractivity contribution in [1.82, 2.24) is 4.90 Å². The molecule has 0 saturated carbocycles. The van der Waals surface area contributed by atoms with Crippen LogP contribution in [0.25, 0.3) is 0 Å². The van der Waals surface area contributed by atoms with Crippen LogP contribution >= 0.6 is 15.9 Å². The van der Waals surface area contributed by atoms with Gasteiger partial charge in [-0.2, -0.15) is 0 Å². The lowest BCUT2D eigenvalue weighted by atomic mass is 10.1. The predicted octanol–water partition coefficient (Wildman–Crippen LogP) is 2.10. The van der Waals surface area contributed by atoms with Gasteiger partial charge in [0.25, 0.3) is 5.91 Å². The molecule has 104 valence electrons. The summed E-state index contributed by atoms with van der Waals surface area (Å²) in [6, 6.07) is 7.21. The zero-order valence-corrected chi connectivity index (χ0v) is 13.1. The van der Waals surface area contributed by atoms with Crippen LogP contribution in [0.1, 0.15) is 23.2 Å². The van der Waals surface area contributed by atoms with Gasteiger partial charge >= 0.3 is 0 Å². The number of rotatable bonds is 2. The maximum absolute atomic E-state index is 12.2. The fraction of sp³-hybridized carbons (Fsp3) is 0.462. The van der Waals surface area contributed by atoms with E-state index in [1.807, 2.05) is 12.1 Å². The van der Waals surface area contributed by atoms with E-state index >= 15 is 0 Å². The van der Waals surface area contributed by atoms with Crippen LogP contribution in [0.3, 0.4) is 0 Å². The Morgan fingerprint density at radius 2 is 1.74 bits per heavy atom. The molecule has 1 fully saturated rings. The summed E-state index contributed by atoms with van der Waals surface area (Å²) in [5, 5.41) is -0.304. The Bertz CT molecular complexity index is 560. The van der Waals surface area contributed by atoms with E-state index in [0.717, 1.165) is 4.47 Å². The van der Waals surface area contributed by atoms with E-state index < -0.39 is 9.84 Å². The Kier molecular flexibility index (Phi) is 4.30. The van der Waals surface area contributed by atoms with Crippen molar-refractivity contribution < 1.29 is 13.2 Å². The summed E-state index contributed by atoms with van der Waals surface area (Å²) in [4.78, 5) is 14.0. The van der Waals surface area contributed by atoms with Crippen molar-refractivity contribution in [2.45, 2.75) is 18.1 Å². The minimum Gasteiger partial charge on any atom is -0.339 e. The number of halogens is 1. The van der Waals surface area contributed by atoms with Gasteiger partial charge in [-0.3, -0.25) is 4.79 Å². The van der Waals surface area contributed by atoms with Crippen molar-refractivity contribution in [1.29, 1.82) is 0 Å². The summed E-state index contributed by atoms with van der Waals surface area (Å²) in [6.07, 6.45) is 2.33. The van der Waals surface area contributed by atoms with E-state index in [1.165, 1.54) is 6.26 Å². The van der Waals surface area contributed by atoms with Crippen molar-refractivity contribution in [3.63, 3.8) is 0 Å². The van der Waals surface area contributed by atoms with E-state index in [2.05, 4.69) is 15.9 Å². The molecule has 2 rings (SSSR count). The number of hydrogen-bond acceptors (Lipinski definition) is 3. The van der Waals surface area contributed by atoms with Gasteiger partial charge in [0.1, 0.15) is 9.84 Å². The molecule has 1 aromatic rings. The molecule has 0 spiro atoms. The largest absolute Gasteiger partial charge is 0.339 e. The lowest BCUT2D eigenvalue weighted by Crippen LogP contribution is -2.42. The molecular weight excluding hydrogens is 330 g/mol. The minimum atomic E-state index is -2.99. The van der Waals surface area contributed by atoms with Crippen molar-refractivity contribution in [3.8, 4) is 0 Å². The first-order chi connectivity index (χ1) is 8.88. The highest BCUT2D eigenvalue weighted by Gasteiger charge is 2.28. The quantitative estimate of drug-likeness (QED) is 0.824. The molecule has 0 N–H and O–H groups in total. The van der Waals surface area contributed by atoms with Crippen LogP contribution in [-0.4, -0.2) is 43.8 Å². The van der Waals surface area contributed by atoms with Gasteiger partial charge in [0.2, 0.25) is 0 Å². The van der Waals surface area contributed by atoms with Gasteiger partial charge in [-0.25, -0.2) is 8.42 Å². The second kappa shape index (κ2) is 5.63. The van der Waals surface area contributed by atoms with Crippen LogP contribution in [-0.2, 0) is 9.84 Å². The van der Waals surface area contributed by atoms with E-state index in [4.69, 9.17) is 0 Å². The molecule has 1 aliphatic rings. The van der Waals surface area contributed by atoms with Crippen molar-refractivity contribution in [3.05, 3.63) is 34.3 Å². The third kappa shape index (κ3) is 3.57. The van der Waals surface area contributed by atoms with Crippen LogP contribution in [0.15, 0.2) is 28.7 Å². The van der Waals surface area contributed by atoms with E-state index in [-0.39, 0.29) is 11.2 Å². The van der Waals surface area contributed by atoms with Gasteiger partial charge in [0.15, 0.2) is 0 Å². The molecule has 4 nitrogen and oxygen atoms in total. The van der Waals surface area contributed by atoms with Crippen LogP contribution in [0.5, 0.6) is 0 Å². The van der Waals surface area contributed by atoms with Gasteiger partial charge in [-0.15, -0.1) is 0 Å². The molecule has 0 aromatic heterocycles. The molecule has 0 atom stereocenters. The predicted molar refractivity (Wildman–Crippen MR) is 77.9 cm³/mol. The Labute approximate surface area is 121 Å². The second-order valence-corrected chi connectivity index (χ2v) is 8.07. The highest BCUT2D eigenvalue weighted by molar-refractivity contribution is 9.10. The van der Waals surface area contributed by atoms with Gasteiger partial charge in [0, 0.05) is 29.4 Å². The van der Waals surface area contributed by atoms with E-state index in [9.17, 15) is 13.2 Å². The number of carbonyl (C=O) groups is 1. The smallest absolute Gasteiger partial charge is 0.253 e. The number of likely N-dealkylation sites (tertiary alicyclic amines) is 1. The van der Waals surface area contributed by atoms with E-state index in [0.29, 0.717) is 31.5 Å².